The highest BCUT2D eigenvalue weighted by atomic mass is 79.9. The monoisotopic (exact) mass is 402 g/mol. The summed E-state index contributed by atoms with van der Waals surface area (Å²) in [6.45, 7) is 5.12. The molecule has 0 N–H and O–H groups in total. The molecule has 0 bridgehead atoms. The summed E-state index contributed by atoms with van der Waals surface area (Å²) in [6.07, 6.45) is 1.73. The van der Waals surface area contributed by atoms with Gasteiger partial charge >= 0.3 is 5.97 Å². The van der Waals surface area contributed by atoms with Gasteiger partial charge in [0.15, 0.2) is 16.3 Å². The largest absolute Gasteiger partial charge is 0.496 e. The van der Waals surface area contributed by atoms with Gasteiger partial charge in [-0.3, -0.25) is 14.9 Å². The molecule has 1 aromatic carbocycles. The number of halogens is 1. The van der Waals surface area contributed by atoms with Gasteiger partial charge in [0.05, 0.1) is 12.0 Å². The highest BCUT2D eigenvalue weighted by molar-refractivity contribution is 9.06. The van der Waals surface area contributed by atoms with Crippen LogP contribution in [0.4, 0.5) is 5.69 Å². The van der Waals surface area contributed by atoms with E-state index >= 15 is 0 Å². The number of benzene rings is 1. The highest BCUT2D eigenvalue weighted by Crippen LogP contribution is 2.31. The van der Waals surface area contributed by atoms with Gasteiger partial charge in [0, 0.05) is 25.2 Å². The van der Waals surface area contributed by atoms with Crippen molar-refractivity contribution in [1.29, 1.82) is 0 Å². The molecule has 1 aliphatic heterocycles. The first-order valence-corrected chi connectivity index (χ1v) is 8.13. The lowest BCUT2D eigenvalue weighted by molar-refractivity contribution is -0.385. The molecule has 2 rings (SSSR count). The summed E-state index contributed by atoms with van der Waals surface area (Å²) >= 11 is 2.53. The predicted octanol–water partition coefficient (Wildman–Crippen LogP) is 3.33. The molecule has 1 heterocycles. The summed E-state index contributed by atoms with van der Waals surface area (Å²) in [4.78, 5) is 36.1. The number of nitro benzene ring substituents is 1. The first-order valence-electron chi connectivity index (χ1n) is 7.48. The Kier molecular flexibility index (Phi) is 7.63. The summed E-state index contributed by atoms with van der Waals surface area (Å²) in [5.41, 5.74) is -0.690. The van der Waals surface area contributed by atoms with Crippen LogP contribution in [0.2, 0.25) is 0 Å². The Bertz CT molecular complexity index is 629. The molecule has 0 atom stereocenters. The lowest BCUT2D eigenvalue weighted by Crippen LogP contribution is -2.28. The lowest BCUT2D eigenvalue weighted by Gasteiger charge is -2.16. The molecule has 1 aliphatic rings. The maximum atomic E-state index is 12.4. The van der Waals surface area contributed by atoms with E-state index in [0.717, 1.165) is 18.9 Å². The van der Waals surface area contributed by atoms with Gasteiger partial charge in [-0.2, -0.15) is 0 Å². The normalized spacial score (nSPS) is 12.9. The van der Waals surface area contributed by atoms with E-state index in [1.807, 2.05) is 13.8 Å². The summed E-state index contributed by atoms with van der Waals surface area (Å²) in [5.74, 6) is -1.25. The van der Waals surface area contributed by atoms with E-state index in [1.54, 1.807) is 4.90 Å². The van der Waals surface area contributed by atoms with E-state index in [1.165, 1.54) is 13.2 Å². The molecule has 132 valence electrons. The number of ether oxygens (including phenoxy) is 1. The van der Waals surface area contributed by atoms with E-state index in [4.69, 9.17) is 4.74 Å². The van der Waals surface area contributed by atoms with Crippen LogP contribution in [0.3, 0.4) is 0 Å². The quantitative estimate of drug-likeness (QED) is 0.565. The second-order valence-corrected chi connectivity index (χ2v) is 5.01. The van der Waals surface area contributed by atoms with Gasteiger partial charge in [0.25, 0.3) is 11.6 Å². The molecule has 8 nitrogen and oxygen atoms in total. The molecule has 1 saturated heterocycles. The van der Waals surface area contributed by atoms with E-state index in [0.29, 0.717) is 13.1 Å². The highest BCUT2D eigenvalue weighted by Gasteiger charge is 2.30. The number of hydrogen-bond acceptors (Lipinski definition) is 6. The number of nitrogens with zero attached hydrogens (tertiary/aromatic N) is 2. The minimum atomic E-state index is -0.847. The fourth-order valence-corrected chi connectivity index (χ4v) is 2.53. The van der Waals surface area contributed by atoms with Crippen molar-refractivity contribution in [3.8, 4) is 5.75 Å². The molecular weight excluding hydrogens is 384 g/mol. The van der Waals surface area contributed by atoms with E-state index in [-0.39, 0.29) is 16.9 Å². The van der Waals surface area contributed by atoms with Gasteiger partial charge in [-0.1, -0.05) is 13.8 Å². The van der Waals surface area contributed by atoms with Crippen molar-refractivity contribution in [3.05, 3.63) is 33.4 Å². The Labute approximate surface area is 148 Å². The summed E-state index contributed by atoms with van der Waals surface area (Å²) in [5, 5.41) is 11.2. The average Bonchev–Trinajstić information content (AvgIpc) is 3.15. The van der Waals surface area contributed by atoms with Crippen molar-refractivity contribution in [2.24, 2.45) is 0 Å². The van der Waals surface area contributed by atoms with Crippen molar-refractivity contribution in [2.75, 3.05) is 20.2 Å². The third-order valence-electron chi connectivity index (χ3n) is 3.43. The minimum Gasteiger partial charge on any atom is -0.496 e. The molecule has 0 aliphatic carbocycles. The van der Waals surface area contributed by atoms with E-state index in [9.17, 15) is 19.7 Å². The van der Waals surface area contributed by atoms with Crippen LogP contribution in [-0.4, -0.2) is 41.9 Å². The Morgan fingerprint density at radius 2 is 1.79 bits per heavy atom. The maximum Gasteiger partial charge on any atom is 0.353 e. The Balaban J connectivity index is 0.00000139. The number of carbonyl (C=O) groups is 2. The average molecular weight is 403 g/mol. The zero-order chi connectivity index (χ0) is 18.3. The predicted molar refractivity (Wildman–Crippen MR) is 90.5 cm³/mol. The zero-order valence-corrected chi connectivity index (χ0v) is 15.3. The third-order valence-corrected chi connectivity index (χ3v) is 3.72. The van der Waals surface area contributed by atoms with Gasteiger partial charge in [0.1, 0.15) is 16.9 Å². The van der Waals surface area contributed by atoms with Crippen molar-refractivity contribution < 1.29 is 23.1 Å². The summed E-state index contributed by atoms with van der Waals surface area (Å²) < 4.78 is 9.43. The topological polar surface area (TPSA) is 99.0 Å². The van der Waals surface area contributed by atoms with Gasteiger partial charge in [-0.05, 0) is 12.8 Å². The molecule has 0 saturated carbocycles. The standard InChI is InChI=1S/C13H13BrN2O6.C2H6/c1-21-11-7-8(12(17)15-4-2-3-5-15)10(16(19)20)6-9(11)13(18)22-14;1-2/h6-7H,2-5H2,1H3;1-2H3. The summed E-state index contributed by atoms with van der Waals surface area (Å²) in [7, 11) is 1.30. The van der Waals surface area contributed by atoms with Gasteiger partial charge in [-0.15, -0.1) is 0 Å². The molecule has 1 amide bonds. The van der Waals surface area contributed by atoms with Crippen LogP contribution in [0.1, 0.15) is 47.4 Å². The molecule has 1 fully saturated rings. The number of likely N-dealkylation sites (tertiary alicyclic amines) is 1. The van der Waals surface area contributed by atoms with Gasteiger partial charge < -0.3 is 13.5 Å². The Morgan fingerprint density at radius 1 is 1.21 bits per heavy atom. The Hall–Kier alpha value is -2.16. The fourth-order valence-electron chi connectivity index (χ4n) is 2.35. The van der Waals surface area contributed by atoms with Crippen molar-refractivity contribution in [1.82, 2.24) is 4.90 Å². The number of hydrogen-bond donors (Lipinski definition) is 0. The number of methoxy groups -OCH3 is 1. The molecular formula is C15H19BrN2O6. The zero-order valence-electron chi connectivity index (χ0n) is 13.7. The van der Waals surface area contributed by atoms with E-state index < -0.39 is 22.5 Å². The lowest BCUT2D eigenvalue weighted by atomic mass is 10.1. The summed E-state index contributed by atoms with van der Waals surface area (Å²) in [6, 6.07) is 2.20. The number of carbonyl (C=O) groups excluding carboxylic acids is 2. The van der Waals surface area contributed by atoms with Crippen LogP contribution in [0, 0.1) is 10.1 Å². The Morgan fingerprint density at radius 3 is 2.25 bits per heavy atom. The van der Waals surface area contributed by atoms with Crippen LogP contribution < -0.4 is 4.74 Å². The van der Waals surface area contributed by atoms with Crippen molar-refractivity contribution >= 4 is 33.8 Å². The fraction of sp³-hybridized carbons (Fsp3) is 0.467. The second-order valence-electron chi connectivity index (χ2n) is 4.69. The molecule has 1 aromatic rings. The van der Waals surface area contributed by atoms with Crippen LogP contribution in [-0.2, 0) is 3.83 Å². The molecule has 0 aromatic heterocycles. The SMILES string of the molecule is CC.COc1cc(C(=O)N2CCCC2)c([N+](=O)[O-])cc1C(=O)OBr. The van der Waals surface area contributed by atoms with Crippen LogP contribution in [0.25, 0.3) is 0 Å². The van der Waals surface area contributed by atoms with Gasteiger partial charge in [0.2, 0.25) is 0 Å². The maximum absolute atomic E-state index is 12.4. The number of amides is 1. The first kappa shape index (κ1) is 19.9. The van der Waals surface area contributed by atoms with Crippen molar-refractivity contribution in [2.45, 2.75) is 26.7 Å². The molecule has 0 radical (unpaired) electrons. The van der Waals surface area contributed by atoms with Crippen LogP contribution >= 0.6 is 16.3 Å². The molecule has 0 spiro atoms. The van der Waals surface area contributed by atoms with E-state index in [2.05, 4.69) is 20.1 Å². The molecule has 24 heavy (non-hydrogen) atoms. The molecule has 0 unspecified atom stereocenters. The van der Waals surface area contributed by atoms with Gasteiger partial charge in [-0.25, -0.2) is 4.79 Å². The van der Waals surface area contributed by atoms with Crippen molar-refractivity contribution in [3.63, 3.8) is 0 Å². The van der Waals surface area contributed by atoms with Crippen LogP contribution in [0.5, 0.6) is 5.75 Å². The molecule has 9 heteroatoms. The second kappa shape index (κ2) is 9.21. The smallest absolute Gasteiger partial charge is 0.353 e. The van der Waals surface area contributed by atoms with Crippen LogP contribution in [0.15, 0.2) is 12.1 Å². The first-order chi connectivity index (χ1) is 11.5. The third kappa shape index (κ3) is 4.22. The number of nitro groups is 1. The minimum absolute atomic E-state index is 0.0394. The number of rotatable bonds is 4.